The first-order chi connectivity index (χ1) is 17.6. The van der Waals surface area contributed by atoms with Gasteiger partial charge in [-0.05, 0) is 63.2 Å². The second-order valence-electron chi connectivity index (χ2n) is 8.58. The van der Waals surface area contributed by atoms with Crippen molar-refractivity contribution in [3.05, 3.63) is 71.0 Å². The predicted octanol–water partition coefficient (Wildman–Crippen LogP) is 3.68. The average Bonchev–Trinajstić information content (AvgIpc) is 3.66. The molecule has 36 heavy (non-hydrogen) atoms. The number of thiophene rings is 1. The van der Waals surface area contributed by atoms with Gasteiger partial charge in [-0.25, -0.2) is 9.97 Å². The number of nitrogens with two attached hydrogens (primary N) is 1. The highest BCUT2D eigenvalue weighted by Gasteiger charge is 2.20. The van der Waals surface area contributed by atoms with E-state index in [9.17, 15) is 4.79 Å². The van der Waals surface area contributed by atoms with Crippen LogP contribution in [0, 0.1) is 0 Å². The number of rotatable bonds is 9. The highest BCUT2D eigenvalue weighted by Crippen LogP contribution is 2.29. The quantitative estimate of drug-likeness (QED) is 0.205. The molecule has 1 aromatic carbocycles. The van der Waals surface area contributed by atoms with Crippen molar-refractivity contribution in [1.82, 2.24) is 24.8 Å². The van der Waals surface area contributed by atoms with Crippen LogP contribution in [0.1, 0.15) is 40.7 Å². The van der Waals surface area contributed by atoms with Crippen molar-refractivity contribution < 1.29 is 9.63 Å². The van der Waals surface area contributed by atoms with Crippen LogP contribution in [0.15, 0.2) is 60.0 Å². The molecular weight excluding hydrogens is 474 g/mol. The zero-order valence-corrected chi connectivity index (χ0v) is 21.0. The Bertz CT molecular complexity index is 1360. The monoisotopic (exact) mass is 503 g/mol. The number of oxime groups is 1. The van der Waals surface area contributed by atoms with Crippen LogP contribution in [0.5, 0.6) is 0 Å². The number of fused-ring (bicyclic) bond motifs is 1. The fraction of sp³-hybridized carbons (Fsp3) is 0.308. The Morgan fingerprint density at radius 2 is 1.92 bits per heavy atom. The summed E-state index contributed by atoms with van der Waals surface area (Å²) in [7, 11) is 0. The minimum atomic E-state index is -0.151. The van der Waals surface area contributed by atoms with E-state index in [0.717, 1.165) is 30.9 Å². The minimum absolute atomic E-state index is 0.121. The number of carbonyl (C=O) groups excluding carboxylic acids is 1. The van der Waals surface area contributed by atoms with Crippen molar-refractivity contribution in [3.63, 3.8) is 0 Å². The number of hydrogen-bond acceptors (Lipinski definition) is 8. The molecule has 1 saturated heterocycles. The van der Waals surface area contributed by atoms with Crippen LogP contribution in [0.3, 0.4) is 0 Å². The summed E-state index contributed by atoms with van der Waals surface area (Å²) in [5.74, 6) is -0.0306. The van der Waals surface area contributed by atoms with Crippen LogP contribution in [-0.4, -0.2) is 63.8 Å². The third-order valence-electron chi connectivity index (χ3n) is 6.09. The normalized spacial score (nSPS) is 14.4. The van der Waals surface area contributed by atoms with Gasteiger partial charge in [0, 0.05) is 42.1 Å². The van der Waals surface area contributed by atoms with Crippen molar-refractivity contribution in [2.24, 2.45) is 5.16 Å². The smallest absolute Gasteiger partial charge is 0.261 e. The first-order valence-electron chi connectivity index (χ1n) is 12.1. The van der Waals surface area contributed by atoms with Crippen LogP contribution in [0.4, 0.5) is 5.95 Å². The van der Waals surface area contributed by atoms with E-state index in [1.807, 2.05) is 60.3 Å². The molecule has 5 rings (SSSR count). The van der Waals surface area contributed by atoms with Gasteiger partial charge < -0.3 is 20.5 Å². The van der Waals surface area contributed by atoms with Gasteiger partial charge in [-0.3, -0.25) is 9.69 Å². The second kappa shape index (κ2) is 10.9. The lowest BCUT2D eigenvalue weighted by atomic mass is 10.0. The summed E-state index contributed by atoms with van der Waals surface area (Å²) in [5, 5.41) is 8.09. The number of nitrogens with one attached hydrogen (secondary N) is 1. The standard InChI is InChI=1S/C26H29N7O2S/c1-2-28-24(34)21-17-20-23(29-26(27)30-25(20)36-21)22(31-35-16-15-32-11-3-4-12-32)18-7-9-19(10-8-18)33-13-5-6-14-33/h5-10,13-14,17H,2-4,11-12,15-16H2,1H3,(H,28,34)(H2,27,29,30). The molecule has 1 aliphatic heterocycles. The topological polar surface area (TPSA) is 111 Å². The molecule has 1 fully saturated rings. The SMILES string of the molecule is CCNC(=O)c1cc2c(C(=NOCCN3CCCC3)c3ccc(-n4cccc4)cc3)nc(N)nc2s1. The van der Waals surface area contributed by atoms with E-state index in [2.05, 4.69) is 25.3 Å². The van der Waals surface area contributed by atoms with Crippen LogP contribution in [-0.2, 0) is 4.84 Å². The van der Waals surface area contributed by atoms with Crippen molar-refractivity contribution in [2.75, 3.05) is 38.5 Å². The largest absolute Gasteiger partial charge is 0.394 e. The van der Waals surface area contributed by atoms with Crippen LogP contribution >= 0.6 is 11.3 Å². The highest BCUT2D eigenvalue weighted by molar-refractivity contribution is 7.20. The molecule has 1 aliphatic rings. The fourth-order valence-electron chi connectivity index (χ4n) is 4.30. The maximum atomic E-state index is 12.5. The first kappa shape index (κ1) is 24.0. The van der Waals surface area contributed by atoms with Crippen molar-refractivity contribution in [3.8, 4) is 5.69 Å². The number of amides is 1. The molecule has 3 aromatic heterocycles. The summed E-state index contributed by atoms with van der Waals surface area (Å²) in [6, 6.07) is 13.8. The number of likely N-dealkylation sites (tertiary alicyclic amines) is 1. The van der Waals surface area contributed by atoms with Gasteiger partial charge in [0.15, 0.2) is 0 Å². The molecule has 4 heterocycles. The van der Waals surface area contributed by atoms with Gasteiger partial charge in [-0.1, -0.05) is 17.3 Å². The van der Waals surface area contributed by atoms with E-state index in [-0.39, 0.29) is 11.9 Å². The van der Waals surface area contributed by atoms with E-state index >= 15 is 0 Å². The van der Waals surface area contributed by atoms with Crippen molar-refractivity contribution in [1.29, 1.82) is 0 Å². The molecule has 10 heteroatoms. The number of hydrogen-bond donors (Lipinski definition) is 2. The van der Waals surface area contributed by atoms with Gasteiger partial charge in [-0.15, -0.1) is 11.3 Å². The van der Waals surface area contributed by atoms with Gasteiger partial charge in [0.1, 0.15) is 22.8 Å². The molecule has 0 unspecified atom stereocenters. The summed E-state index contributed by atoms with van der Waals surface area (Å²) in [5.41, 5.74) is 9.04. The Hall–Kier alpha value is -3.76. The summed E-state index contributed by atoms with van der Waals surface area (Å²) in [4.78, 5) is 30.8. The Labute approximate surface area is 213 Å². The number of nitrogen functional groups attached to an aromatic ring is 1. The summed E-state index contributed by atoms with van der Waals surface area (Å²) in [6.45, 7) is 5.92. The number of anilines is 1. The van der Waals surface area contributed by atoms with Crippen LogP contribution in [0.25, 0.3) is 15.9 Å². The average molecular weight is 504 g/mol. The Kier molecular flexibility index (Phi) is 7.24. The molecule has 0 spiro atoms. The zero-order chi connectivity index (χ0) is 24.9. The predicted molar refractivity (Wildman–Crippen MR) is 143 cm³/mol. The van der Waals surface area contributed by atoms with Gasteiger partial charge >= 0.3 is 0 Å². The van der Waals surface area contributed by atoms with Crippen LogP contribution < -0.4 is 11.1 Å². The summed E-state index contributed by atoms with van der Waals surface area (Å²) >= 11 is 1.28. The molecule has 0 saturated carbocycles. The number of carbonyl (C=O) groups is 1. The lowest BCUT2D eigenvalue weighted by molar-refractivity contribution is 0.0960. The highest BCUT2D eigenvalue weighted by atomic mass is 32.1. The van der Waals surface area contributed by atoms with Gasteiger partial charge in [0.25, 0.3) is 5.91 Å². The number of aromatic nitrogens is 3. The van der Waals surface area contributed by atoms with E-state index in [1.54, 1.807) is 6.07 Å². The van der Waals surface area contributed by atoms with Gasteiger partial charge in [0.05, 0.1) is 4.88 Å². The maximum absolute atomic E-state index is 12.5. The molecule has 0 bridgehead atoms. The molecular formula is C26H29N7O2S. The summed E-state index contributed by atoms with van der Waals surface area (Å²) < 4.78 is 2.03. The van der Waals surface area contributed by atoms with E-state index in [0.29, 0.717) is 39.7 Å². The Balaban J connectivity index is 1.52. The minimum Gasteiger partial charge on any atom is -0.394 e. The third-order valence-corrected chi connectivity index (χ3v) is 7.12. The van der Waals surface area contributed by atoms with Crippen molar-refractivity contribution in [2.45, 2.75) is 19.8 Å². The molecule has 1 amide bonds. The fourth-order valence-corrected chi connectivity index (χ4v) is 5.25. The molecule has 186 valence electrons. The van der Waals surface area contributed by atoms with Gasteiger partial charge in [-0.2, -0.15) is 0 Å². The van der Waals surface area contributed by atoms with E-state index in [4.69, 9.17) is 10.6 Å². The van der Waals surface area contributed by atoms with Crippen molar-refractivity contribution >= 4 is 39.1 Å². The molecule has 9 nitrogen and oxygen atoms in total. The Morgan fingerprint density at radius 1 is 1.17 bits per heavy atom. The molecule has 4 aromatic rings. The number of nitrogens with zero attached hydrogens (tertiary/aromatic N) is 5. The van der Waals surface area contributed by atoms with Gasteiger partial charge in [0.2, 0.25) is 5.95 Å². The first-order valence-corrected chi connectivity index (χ1v) is 13.0. The maximum Gasteiger partial charge on any atom is 0.261 e. The van der Waals surface area contributed by atoms with E-state index < -0.39 is 0 Å². The lowest BCUT2D eigenvalue weighted by Gasteiger charge is -2.14. The van der Waals surface area contributed by atoms with E-state index in [1.165, 1.54) is 24.2 Å². The molecule has 0 atom stereocenters. The molecule has 3 N–H and O–H groups in total. The molecule has 0 radical (unpaired) electrons. The van der Waals surface area contributed by atoms with Crippen LogP contribution in [0.2, 0.25) is 0 Å². The lowest BCUT2D eigenvalue weighted by Crippen LogP contribution is -2.23. The molecule has 0 aliphatic carbocycles. The summed E-state index contributed by atoms with van der Waals surface area (Å²) in [6.07, 6.45) is 6.45. The Morgan fingerprint density at radius 3 is 2.64 bits per heavy atom. The second-order valence-corrected chi connectivity index (χ2v) is 9.61. The third kappa shape index (κ3) is 5.24. The zero-order valence-electron chi connectivity index (χ0n) is 20.2. The number of benzene rings is 1.